The fourth-order valence-electron chi connectivity index (χ4n) is 2.25. The van der Waals surface area contributed by atoms with Gasteiger partial charge in [-0.15, -0.1) is 0 Å². The van der Waals surface area contributed by atoms with Gasteiger partial charge in [0.15, 0.2) is 23.7 Å². The van der Waals surface area contributed by atoms with Crippen molar-refractivity contribution >= 4 is 24.7 Å². The molecular formula is C17H16ClF3NO6P. The van der Waals surface area contributed by atoms with Gasteiger partial charge in [0.1, 0.15) is 10.8 Å². The summed E-state index contributed by atoms with van der Waals surface area (Å²) in [7, 11) is -3.19. The summed E-state index contributed by atoms with van der Waals surface area (Å²) in [5.41, 5.74) is -1.12. The highest BCUT2D eigenvalue weighted by Gasteiger charge is 2.25. The molecule has 0 radical (unpaired) electrons. The smallest absolute Gasteiger partial charge is 0.311 e. The van der Waals surface area contributed by atoms with Gasteiger partial charge in [0, 0.05) is 24.4 Å². The van der Waals surface area contributed by atoms with Crippen molar-refractivity contribution in [3.05, 3.63) is 56.4 Å². The minimum absolute atomic E-state index is 0.144. The molecule has 0 aliphatic carbocycles. The quantitative estimate of drug-likeness (QED) is 0.209. The van der Waals surface area contributed by atoms with Gasteiger partial charge in [0.2, 0.25) is 18.9 Å². The summed E-state index contributed by atoms with van der Waals surface area (Å²) in [4.78, 5) is 10.4. The van der Waals surface area contributed by atoms with E-state index in [1.54, 1.807) is 6.92 Å². The van der Waals surface area contributed by atoms with Gasteiger partial charge in [-0.05, 0) is 19.9 Å². The van der Waals surface area contributed by atoms with Crippen LogP contribution in [0.2, 0.25) is 5.02 Å². The lowest BCUT2D eigenvalue weighted by molar-refractivity contribution is -0.385. The van der Waals surface area contributed by atoms with Gasteiger partial charge in [-0.3, -0.25) is 14.7 Å². The van der Waals surface area contributed by atoms with E-state index in [2.05, 4.69) is 0 Å². The molecule has 2 rings (SSSR count). The van der Waals surface area contributed by atoms with E-state index >= 15 is 0 Å². The van der Waals surface area contributed by atoms with Crippen LogP contribution in [0.15, 0.2) is 18.2 Å². The number of hydrogen-bond donors (Lipinski definition) is 0. The van der Waals surface area contributed by atoms with E-state index in [1.807, 2.05) is 0 Å². The molecule has 7 nitrogen and oxygen atoms in total. The Morgan fingerprint density at radius 3 is 2.45 bits per heavy atom. The van der Waals surface area contributed by atoms with Gasteiger partial charge >= 0.3 is 5.69 Å². The van der Waals surface area contributed by atoms with Crippen molar-refractivity contribution in [2.24, 2.45) is 0 Å². The maximum atomic E-state index is 14.1. The molecule has 0 saturated carbocycles. The molecule has 29 heavy (non-hydrogen) atoms. The highest BCUT2D eigenvalue weighted by molar-refractivity contribution is 7.57. The lowest BCUT2D eigenvalue weighted by Crippen LogP contribution is -2.04. The van der Waals surface area contributed by atoms with E-state index < -0.39 is 58.1 Å². The first-order valence-corrected chi connectivity index (χ1v) is 10.7. The number of ether oxygens (including phenoxy) is 2. The average molecular weight is 454 g/mol. The topological polar surface area (TPSA) is 87.9 Å². The molecule has 0 bridgehead atoms. The SMILES string of the molecule is CCOP(C)(=O)COc1cc(Oc2c(F)c(F)c(C)c(F)c2Cl)ccc1[N+](=O)[O-]. The summed E-state index contributed by atoms with van der Waals surface area (Å²) >= 11 is 5.70. The molecule has 2 aromatic rings. The minimum Gasteiger partial charge on any atom is -0.476 e. The zero-order chi connectivity index (χ0) is 21.9. The van der Waals surface area contributed by atoms with Crippen LogP contribution >= 0.6 is 19.0 Å². The van der Waals surface area contributed by atoms with Crippen LogP contribution in [0.5, 0.6) is 17.2 Å². The minimum atomic E-state index is -3.19. The van der Waals surface area contributed by atoms with Crippen LogP contribution < -0.4 is 9.47 Å². The molecule has 0 heterocycles. The predicted octanol–water partition coefficient (Wildman–Crippen LogP) is 6.05. The van der Waals surface area contributed by atoms with E-state index in [1.165, 1.54) is 6.66 Å². The monoisotopic (exact) mass is 453 g/mol. The van der Waals surface area contributed by atoms with Gasteiger partial charge in [0.05, 0.1) is 11.5 Å². The molecule has 158 valence electrons. The van der Waals surface area contributed by atoms with Gasteiger partial charge in [0.25, 0.3) is 0 Å². The third kappa shape index (κ3) is 5.20. The molecule has 2 aromatic carbocycles. The Balaban J connectivity index is 2.41. The second kappa shape index (κ2) is 9.02. The highest BCUT2D eigenvalue weighted by Crippen LogP contribution is 2.44. The molecule has 0 saturated heterocycles. The second-order valence-electron chi connectivity index (χ2n) is 5.90. The standard InChI is InChI=1S/C17H16ClF3NO6P/c1-4-27-29(3,25)8-26-12-7-10(5-6-11(12)22(23)24)28-17-13(18)14(19)9(2)15(20)16(17)21/h5-7H,4,8H2,1-3H3. The third-order valence-corrected chi connectivity index (χ3v) is 5.39. The summed E-state index contributed by atoms with van der Waals surface area (Å²) in [5.74, 6) is -5.76. The van der Waals surface area contributed by atoms with Crippen LogP contribution in [-0.2, 0) is 9.09 Å². The number of nitrogens with zero attached hydrogens (tertiary/aromatic N) is 1. The van der Waals surface area contributed by atoms with Crippen molar-refractivity contribution < 1.29 is 36.7 Å². The summed E-state index contributed by atoms with van der Waals surface area (Å²) in [6.45, 7) is 4.05. The molecule has 1 unspecified atom stereocenters. The van der Waals surface area contributed by atoms with Crippen LogP contribution in [0.25, 0.3) is 0 Å². The van der Waals surface area contributed by atoms with E-state index in [-0.39, 0.29) is 18.1 Å². The van der Waals surface area contributed by atoms with Crippen LogP contribution in [0, 0.1) is 34.5 Å². The maximum absolute atomic E-state index is 14.1. The Bertz CT molecular complexity index is 975. The number of halogens is 4. The van der Waals surface area contributed by atoms with E-state index in [0.717, 1.165) is 25.1 Å². The highest BCUT2D eigenvalue weighted by atomic mass is 35.5. The normalized spacial score (nSPS) is 13.1. The van der Waals surface area contributed by atoms with E-state index in [0.29, 0.717) is 0 Å². The largest absolute Gasteiger partial charge is 0.476 e. The summed E-state index contributed by atoms with van der Waals surface area (Å²) in [6.07, 6.45) is -0.478. The third-order valence-electron chi connectivity index (χ3n) is 3.65. The van der Waals surface area contributed by atoms with Crippen LogP contribution in [-0.4, -0.2) is 24.5 Å². The van der Waals surface area contributed by atoms with E-state index in [4.69, 9.17) is 25.6 Å². The number of nitro benzene ring substituents is 1. The van der Waals surface area contributed by atoms with Crippen molar-refractivity contribution in [1.29, 1.82) is 0 Å². The Kier molecular flexibility index (Phi) is 7.15. The number of rotatable bonds is 8. The van der Waals surface area contributed by atoms with Gasteiger partial charge in [-0.25, -0.2) is 8.78 Å². The lowest BCUT2D eigenvalue weighted by Gasteiger charge is -2.15. The first kappa shape index (κ1) is 23.0. The molecule has 0 N–H and O–H groups in total. The molecule has 0 aromatic heterocycles. The van der Waals surface area contributed by atoms with Crippen LogP contribution in [0.1, 0.15) is 12.5 Å². The van der Waals surface area contributed by atoms with E-state index in [9.17, 15) is 27.9 Å². The van der Waals surface area contributed by atoms with Crippen molar-refractivity contribution in [2.75, 3.05) is 19.6 Å². The first-order valence-electron chi connectivity index (χ1n) is 8.11. The van der Waals surface area contributed by atoms with Gasteiger partial charge in [-0.2, -0.15) is 4.39 Å². The second-order valence-corrected chi connectivity index (χ2v) is 8.83. The Labute approximate surface area is 168 Å². The number of hydrogen-bond acceptors (Lipinski definition) is 6. The maximum Gasteiger partial charge on any atom is 0.311 e. The summed E-state index contributed by atoms with van der Waals surface area (Å²) < 4.78 is 69.4. The van der Waals surface area contributed by atoms with Crippen LogP contribution in [0.4, 0.5) is 18.9 Å². The van der Waals surface area contributed by atoms with Crippen LogP contribution in [0.3, 0.4) is 0 Å². The molecule has 0 aliphatic heterocycles. The van der Waals surface area contributed by atoms with Crippen molar-refractivity contribution in [2.45, 2.75) is 13.8 Å². The fourth-order valence-corrected chi connectivity index (χ4v) is 3.51. The number of benzene rings is 2. The Hall–Kier alpha value is -2.29. The number of nitro groups is 1. The molecule has 0 amide bonds. The predicted molar refractivity (Wildman–Crippen MR) is 99.9 cm³/mol. The summed E-state index contributed by atoms with van der Waals surface area (Å²) in [5, 5.41) is 10.4. The fraction of sp³-hybridized carbons (Fsp3) is 0.294. The lowest BCUT2D eigenvalue weighted by atomic mass is 10.2. The van der Waals surface area contributed by atoms with Gasteiger partial charge in [-0.1, -0.05) is 11.6 Å². The van der Waals surface area contributed by atoms with Crippen molar-refractivity contribution in [3.8, 4) is 17.2 Å². The average Bonchev–Trinajstić information content (AvgIpc) is 2.66. The Morgan fingerprint density at radius 1 is 1.21 bits per heavy atom. The first-order chi connectivity index (χ1) is 13.5. The Morgan fingerprint density at radius 2 is 1.86 bits per heavy atom. The molecule has 0 aliphatic rings. The molecule has 0 spiro atoms. The zero-order valence-corrected chi connectivity index (χ0v) is 17.2. The summed E-state index contributed by atoms with van der Waals surface area (Å²) in [6, 6.07) is 3.01. The molecule has 12 heteroatoms. The molecular weight excluding hydrogens is 438 g/mol. The molecule has 1 atom stereocenters. The molecule has 0 fully saturated rings. The van der Waals surface area contributed by atoms with Crippen molar-refractivity contribution in [3.63, 3.8) is 0 Å². The van der Waals surface area contributed by atoms with Crippen molar-refractivity contribution in [1.82, 2.24) is 0 Å². The van der Waals surface area contributed by atoms with Gasteiger partial charge < -0.3 is 14.0 Å². The zero-order valence-electron chi connectivity index (χ0n) is 15.5.